The smallest absolute Gasteiger partial charge is 0.417 e. The first-order valence-electron chi connectivity index (χ1n) is 10.1. The number of nitrogens with zero attached hydrogens (tertiary/aromatic N) is 4. The summed E-state index contributed by atoms with van der Waals surface area (Å²) in [6.45, 7) is 0.653. The van der Waals surface area contributed by atoms with Gasteiger partial charge in [0.2, 0.25) is 5.88 Å². The van der Waals surface area contributed by atoms with Gasteiger partial charge in [0.05, 0.1) is 23.2 Å². The molecule has 2 aromatic heterocycles. The molecule has 2 atom stereocenters. The summed E-state index contributed by atoms with van der Waals surface area (Å²) < 4.78 is 43.5. The molecule has 0 saturated carbocycles. The maximum atomic E-state index is 12.9. The van der Waals surface area contributed by atoms with Crippen molar-refractivity contribution >= 4 is 22.9 Å². The number of halogens is 3. The summed E-state index contributed by atoms with van der Waals surface area (Å²) in [6.07, 6.45) is -4.11. The fourth-order valence-electron chi connectivity index (χ4n) is 4.31. The molecule has 0 radical (unpaired) electrons. The van der Waals surface area contributed by atoms with Gasteiger partial charge in [-0.1, -0.05) is 6.07 Å². The van der Waals surface area contributed by atoms with E-state index < -0.39 is 17.8 Å². The number of benzene rings is 1. The van der Waals surface area contributed by atoms with Crippen LogP contribution in [0.15, 0.2) is 48.7 Å². The summed E-state index contributed by atoms with van der Waals surface area (Å²) in [5.41, 5.74) is -0.0586. The molecular formula is C22H17F3N4O4. The first-order valence-corrected chi connectivity index (χ1v) is 10.1. The van der Waals surface area contributed by atoms with E-state index in [0.29, 0.717) is 42.4 Å². The molecule has 2 unspecified atom stereocenters. The Labute approximate surface area is 185 Å². The Morgan fingerprint density at radius 1 is 1.03 bits per heavy atom. The predicted molar refractivity (Wildman–Crippen MR) is 109 cm³/mol. The Kier molecular flexibility index (Phi) is 4.84. The molecule has 1 aromatic carbocycles. The lowest BCUT2D eigenvalue weighted by molar-refractivity contribution is -0.137. The quantitative estimate of drug-likeness (QED) is 0.637. The Hall–Kier alpha value is -3.89. The van der Waals surface area contributed by atoms with E-state index in [1.54, 1.807) is 35.2 Å². The Morgan fingerprint density at radius 3 is 2.42 bits per heavy atom. The van der Waals surface area contributed by atoms with Crippen molar-refractivity contribution in [1.82, 2.24) is 19.8 Å². The fraction of sp³-hybridized carbons (Fsp3) is 0.273. The van der Waals surface area contributed by atoms with Crippen molar-refractivity contribution in [3.05, 3.63) is 59.9 Å². The van der Waals surface area contributed by atoms with Gasteiger partial charge in [-0.05, 0) is 36.8 Å². The number of ether oxygens (including phenoxy) is 1. The number of hydrogen-bond donors (Lipinski definition) is 1. The zero-order valence-corrected chi connectivity index (χ0v) is 17.0. The van der Waals surface area contributed by atoms with E-state index in [4.69, 9.17) is 4.74 Å². The van der Waals surface area contributed by atoms with Crippen LogP contribution in [0.3, 0.4) is 0 Å². The van der Waals surface area contributed by atoms with Gasteiger partial charge in [-0.25, -0.2) is 14.8 Å². The Morgan fingerprint density at radius 2 is 1.79 bits per heavy atom. The van der Waals surface area contributed by atoms with Crippen LogP contribution >= 0.6 is 0 Å². The number of rotatable bonds is 3. The van der Waals surface area contributed by atoms with Crippen LogP contribution < -0.4 is 4.74 Å². The number of carbonyl (C=O) groups excluding carboxylic acids is 1. The highest BCUT2D eigenvalue weighted by Gasteiger charge is 2.47. The largest absolute Gasteiger partial charge is 0.465 e. The number of aromatic nitrogens is 2. The van der Waals surface area contributed by atoms with Gasteiger partial charge >= 0.3 is 12.3 Å². The van der Waals surface area contributed by atoms with Crippen molar-refractivity contribution in [3.63, 3.8) is 0 Å². The SMILES string of the molecule is O=C(O)N1CC2CC1CN2C(=O)c1ccc2cc(Oc3ccc(C(F)(F)F)cn3)ccc2n1. The molecule has 0 spiro atoms. The molecule has 170 valence electrons. The van der Waals surface area contributed by atoms with Crippen LogP contribution in [0.2, 0.25) is 0 Å². The lowest BCUT2D eigenvalue weighted by Gasteiger charge is -2.32. The van der Waals surface area contributed by atoms with Crippen LogP contribution in [0.25, 0.3) is 10.9 Å². The second-order valence-corrected chi connectivity index (χ2v) is 7.97. The summed E-state index contributed by atoms with van der Waals surface area (Å²) in [6, 6.07) is 9.88. The van der Waals surface area contributed by atoms with Crippen LogP contribution in [0.5, 0.6) is 11.6 Å². The average molecular weight is 458 g/mol. The normalized spacial score (nSPS) is 19.8. The van der Waals surface area contributed by atoms with Crippen molar-refractivity contribution in [2.24, 2.45) is 0 Å². The fourth-order valence-corrected chi connectivity index (χ4v) is 4.31. The van der Waals surface area contributed by atoms with E-state index in [-0.39, 0.29) is 29.6 Å². The molecule has 33 heavy (non-hydrogen) atoms. The van der Waals surface area contributed by atoms with Crippen LogP contribution in [-0.2, 0) is 6.18 Å². The lowest BCUT2D eigenvalue weighted by Crippen LogP contribution is -2.50. The maximum Gasteiger partial charge on any atom is 0.417 e. The van der Waals surface area contributed by atoms with Crippen molar-refractivity contribution < 1.29 is 32.6 Å². The summed E-state index contributed by atoms with van der Waals surface area (Å²) in [4.78, 5) is 35.3. The van der Waals surface area contributed by atoms with Crippen molar-refractivity contribution in [1.29, 1.82) is 0 Å². The second-order valence-electron chi connectivity index (χ2n) is 7.97. The average Bonchev–Trinajstić information content (AvgIpc) is 3.39. The summed E-state index contributed by atoms with van der Waals surface area (Å²) in [7, 11) is 0. The predicted octanol–water partition coefficient (Wildman–Crippen LogP) is 4.02. The molecule has 2 amide bonds. The third kappa shape index (κ3) is 3.90. The molecule has 2 saturated heterocycles. The third-order valence-electron chi connectivity index (χ3n) is 5.91. The minimum absolute atomic E-state index is 0.0154. The minimum Gasteiger partial charge on any atom is -0.465 e. The maximum absolute atomic E-state index is 12.9. The lowest BCUT2D eigenvalue weighted by atomic mass is 10.1. The summed E-state index contributed by atoms with van der Waals surface area (Å²) in [5, 5.41) is 9.88. The molecule has 2 aliphatic rings. The second kappa shape index (κ2) is 7.61. The summed E-state index contributed by atoms with van der Waals surface area (Å²) >= 11 is 0. The van der Waals surface area contributed by atoms with E-state index in [2.05, 4.69) is 9.97 Å². The van der Waals surface area contributed by atoms with Crippen molar-refractivity contribution in [2.75, 3.05) is 13.1 Å². The van der Waals surface area contributed by atoms with Gasteiger partial charge in [-0.15, -0.1) is 0 Å². The van der Waals surface area contributed by atoms with Crippen LogP contribution in [0.4, 0.5) is 18.0 Å². The molecule has 2 aliphatic heterocycles. The Balaban J connectivity index is 1.30. The number of hydrogen-bond acceptors (Lipinski definition) is 5. The van der Waals surface area contributed by atoms with Crippen molar-refractivity contribution in [3.8, 4) is 11.6 Å². The number of carbonyl (C=O) groups is 2. The van der Waals surface area contributed by atoms with Crippen LogP contribution in [0, 0.1) is 0 Å². The first-order chi connectivity index (χ1) is 15.7. The molecule has 11 heteroatoms. The highest BCUT2D eigenvalue weighted by Crippen LogP contribution is 2.33. The zero-order valence-electron chi connectivity index (χ0n) is 17.0. The number of pyridine rings is 2. The van der Waals surface area contributed by atoms with Crippen LogP contribution in [-0.4, -0.2) is 62.0 Å². The molecule has 8 nitrogen and oxygen atoms in total. The Bertz CT molecular complexity index is 1250. The van der Waals surface area contributed by atoms with E-state index in [1.807, 2.05) is 0 Å². The zero-order chi connectivity index (χ0) is 23.3. The molecule has 1 N–H and O–H groups in total. The van der Waals surface area contributed by atoms with Gasteiger partial charge in [-0.2, -0.15) is 13.2 Å². The van der Waals surface area contributed by atoms with Gasteiger partial charge in [0.25, 0.3) is 5.91 Å². The van der Waals surface area contributed by atoms with E-state index in [1.165, 1.54) is 4.90 Å². The molecule has 2 bridgehead atoms. The van der Waals surface area contributed by atoms with Gasteiger partial charge in [0.15, 0.2) is 0 Å². The topological polar surface area (TPSA) is 95.9 Å². The highest BCUT2D eigenvalue weighted by atomic mass is 19.4. The van der Waals surface area contributed by atoms with Crippen molar-refractivity contribution in [2.45, 2.75) is 24.7 Å². The summed E-state index contributed by atoms with van der Waals surface area (Å²) in [5.74, 6) is 0.131. The number of alkyl halides is 3. The molecule has 4 heterocycles. The van der Waals surface area contributed by atoms with Crippen LogP contribution in [0.1, 0.15) is 22.5 Å². The van der Waals surface area contributed by atoms with E-state index in [0.717, 1.165) is 12.1 Å². The standard InChI is InChI=1S/C22H17F3N4O4/c23-22(24,25)13-2-6-19(26-9-13)33-16-3-5-17-12(7-16)1-4-18(27-17)20(30)28-10-15-8-14(28)11-29(15)21(31)32/h1-7,9,14-15H,8,10-11H2,(H,31,32). The highest BCUT2D eigenvalue weighted by molar-refractivity contribution is 5.95. The minimum atomic E-state index is -4.47. The van der Waals surface area contributed by atoms with Gasteiger partial charge in [0.1, 0.15) is 11.4 Å². The number of likely N-dealkylation sites (tertiary alicyclic amines) is 2. The van der Waals surface area contributed by atoms with Gasteiger partial charge < -0.3 is 19.6 Å². The molecule has 2 fully saturated rings. The van der Waals surface area contributed by atoms with E-state index >= 15 is 0 Å². The van der Waals surface area contributed by atoms with Gasteiger partial charge in [0, 0.05) is 30.7 Å². The van der Waals surface area contributed by atoms with E-state index in [9.17, 15) is 27.9 Å². The molecule has 5 rings (SSSR count). The number of amides is 2. The molecule has 3 aromatic rings. The monoisotopic (exact) mass is 458 g/mol. The number of fused-ring (bicyclic) bond motifs is 3. The molecular weight excluding hydrogens is 441 g/mol. The molecule has 0 aliphatic carbocycles. The first kappa shape index (κ1) is 21.0. The third-order valence-corrected chi connectivity index (χ3v) is 5.91. The number of piperazine rings is 1. The van der Waals surface area contributed by atoms with Gasteiger partial charge in [-0.3, -0.25) is 4.79 Å². The number of carboxylic acid groups (broad SMARTS) is 1.